The number of likely N-dealkylation sites (tertiary alicyclic amines) is 1. The van der Waals surface area contributed by atoms with Gasteiger partial charge in [0.2, 0.25) is 5.91 Å². The highest BCUT2D eigenvalue weighted by molar-refractivity contribution is 7.92. The van der Waals surface area contributed by atoms with Gasteiger partial charge in [0, 0.05) is 25.2 Å². The number of amides is 1. The predicted octanol–water partition coefficient (Wildman–Crippen LogP) is 4.21. The number of carbonyl (C=O) groups is 1. The van der Waals surface area contributed by atoms with Crippen LogP contribution in [0.4, 0.5) is 10.8 Å². The number of nitrogens with one attached hydrogen (secondary N) is 2. The van der Waals surface area contributed by atoms with E-state index in [2.05, 4.69) is 24.9 Å². The number of nitrogens with zero attached hydrogens (tertiary/aromatic N) is 3. The summed E-state index contributed by atoms with van der Waals surface area (Å²) in [5.41, 5.74) is 1.65. The van der Waals surface area contributed by atoms with Crippen LogP contribution in [0, 0.1) is 0 Å². The van der Waals surface area contributed by atoms with Crippen molar-refractivity contribution in [1.29, 1.82) is 0 Å². The molecule has 168 valence electrons. The van der Waals surface area contributed by atoms with E-state index in [-0.39, 0.29) is 21.6 Å². The van der Waals surface area contributed by atoms with Gasteiger partial charge in [-0.1, -0.05) is 41.1 Å². The number of halogens is 1. The van der Waals surface area contributed by atoms with Crippen LogP contribution in [-0.4, -0.2) is 42.3 Å². The summed E-state index contributed by atoms with van der Waals surface area (Å²) >= 11 is 7.54. The largest absolute Gasteiger partial charge is 0.302 e. The van der Waals surface area contributed by atoms with Crippen molar-refractivity contribution in [1.82, 2.24) is 14.9 Å². The Labute approximate surface area is 195 Å². The fourth-order valence-corrected chi connectivity index (χ4v) is 5.77. The van der Waals surface area contributed by atoms with Gasteiger partial charge in [-0.15, -0.1) is 0 Å². The molecule has 0 unspecified atom stereocenters. The summed E-state index contributed by atoms with van der Waals surface area (Å²) in [5, 5.41) is 3.27. The normalized spacial score (nSPS) is 14.4. The molecule has 1 fully saturated rings. The third-order valence-electron chi connectivity index (χ3n) is 4.95. The molecule has 32 heavy (non-hydrogen) atoms. The van der Waals surface area contributed by atoms with E-state index in [9.17, 15) is 13.2 Å². The maximum Gasteiger partial charge on any atom is 0.261 e. The van der Waals surface area contributed by atoms with Crippen LogP contribution in [0.15, 0.2) is 47.5 Å². The molecule has 0 spiro atoms. The van der Waals surface area contributed by atoms with Gasteiger partial charge in [-0.25, -0.2) is 18.4 Å². The molecule has 0 saturated carbocycles. The van der Waals surface area contributed by atoms with Gasteiger partial charge in [-0.2, -0.15) is 0 Å². The number of thiazole rings is 1. The lowest BCUT2D eigenvalue weighted by molar-refractivity contribution is -0.114. The van der Waals surface area contributed by atoms with Crippen LogP contribution in [0.5, 0.6) is 0 Å². The van der Waals surface area contributed by atoms with Crippen LogP contribution in [0.3, 0.4) is 0 Å². The first-order valence-electron chi connectivity index (χ1n) is 10.1. The molecule has 1 aromatic carbocycles. The van der Waals surface area contributed by atoms with Gasteiger partial charge in [-0.3, -0.25) is 14.4 Å². The number of hydrogen-bond acceptors (Lipinski definition) is 7. The van der Waals surface area contributed by atoms with E-state index in [4.69, 9.17) is 11.6 Å². The minimum absolute atomic E-state index is 0.0425. The van der Waals surface area contributed by atoms with Crippen molar-refractivity contribution in [3.05, 3.63) is 53.4 Å². The fraction of sp³-hybridized carbons (Fsp3) is 0.286. The Balaban J connectivity index is 1.69. The van der Waals surface area contributed by atoms with Gasteiger partial charge in [0.1, 0.15) is 0 Å². The molecule has 1 saturated heterocycles. The average molecular weight is 492 g/mol. The summed E-state index contributed by atoms with van der Waals surface area (Å²) in [7, 11) is -3.83. The third kappa shape index (κ3) is 5.26. The van der Waals surface area contributed by atoms with Gasteiger partial charge in [0.05, 0.1) is 21.2 Å². The van der Waals surface area contributed by atoms with E-state index in [0.717, 1.165) is 36.5 Å². The standard InChI is InChI=1S/C21H22ClN5O3S2/c1-14(28)24-21-25-18(13-27-9-5-6-10-27)19(31-21)15-11-17(20(22)23-12-15)26-32(29,30)16-7-3-2-4-8-16/h2-4,7-8,11-12,26H,5-6,9-10,13H2,1H3,(H,24,25,28). The second kappa shape index (κ2) is 9.53. The molecule has 0 bridgehead atoms. The third-order valence-corrected chi connectivity index (χ3v) is 7.70. The molecule has 1 aliphatic heterocycles. The molecule has 8 nitrogen and oxygen atoms in total. The molecule has 11 heteroatoms. The zero-order valence-corrected chi connectivity index (χ0v) is 19.7. The number of aromatic nitrogens is 2. The van der Waals surface area contributed by atoms with Crippen molar-refractivity contribution >= 4 is 49.7 Å². The van der Waals surface area contributed by atoms with Crippen molar-refractivity contribution in [3.63, 3.8) is 0 Å². The van der Waals surface area contributed by atoms with Crippen LogP contribution in [0.1, 0.15) is 25.5 Å². The molecule has 2 N–H and O–H groups in total. The van der Waals surface area contributed by atoms with E-state index in [1.807, 2.05) is 0 Å². The van der Waals surface area contributed by atoms with Gasteiger partial charge in [0.15, 0.2) is 10.3 Å². The lowest BCUT2D eigenvalue weighted by atomic mass is 10.2. The van der Waals surface area contributed by atoms with E-state index < -0.39 is 10.0 Å². The molecule has 2 aromatic heterocycles. The zero-order valence-electron chi connectivity index (χ0n) is 17.3. The van der Waals surface area contributed by atoms with Crippen LogP contribution < -0.4 is 10.0 Å². The quantitative estimate of drug-likeness (QED) is 0.480. The molecule has 3 aromatic rings. The number of pyridine rings is 1. The van der Waals surface area contributed by atoms with E-state index >= 15 is 0 Å². The summed E-state index contributed by atoms with van der Waals surface area (Å²) in [4.78, 5) is 23.6. The molecule has 1 aliphatic rings. The second-order valence-corrected chi connectivity index (χ2v) is 10.5. The second-order valence-electron chi connectivity index (χ2n) is 7.44. The first-order valence-corrected chi connectivity index (χ1v) is 12.7. The van der Waals surface area contributed by atoms with Crippen molar-refractivity contribution < 1.29 is 13.2 Å². The first-order chi connectivity index (χ1) is 15.3. The molecule has 0 atom stereocenters. The Morgan fingerprint density at radius 2 is 1.94 bits per heavy atom. The lowest BCUT2D eigenvalue weighted by Gasteiger charge is -2.14. The van der Waals surface area contributed by atoms with Crippen molar-refractivity contribution in [2.24, 2.45) is 0 Å². The number of sulfonamides is 1. The molecule has 1 amide bonds. The monoisotopic (exact) mass is 491 g/mol. The fourth-order valence-electron chi connectivity index (χ4n) is 3.49. The smallest absolute Gasteiger partial charge is 0.261 e. The number of anilines is 2. The summed E-state index contributed by atoms with van der Waals surface area (Å²) in [6.07, 6.45) is 3.87. The Kier molecular flexibility index (Phi) is 6.75. The summed E-state index contributed by atoms with van der Waals surface area (Å²) < 4.78 is 28.1. The Morgan fingerprint density at radius 1 is 1.22 bits per heavy atom. The van der Waals surface area contributed by atoms with Gasteiger partial charge in [-0.05, 0) is 44.1 Å². The molecule has 0 radical (unpaired) electrons. The van der Waals surface area contributed by atoms with Crippen LogP contribution in [0.25, 0.3) is 10.4 Å². The van der Waals surface area contributed by atoms with E-state index in [1.54, 1.807) is 30.5 Å². The summed E-state index contributed by atoms with van der Waals surface area (Å²) in [6.45, 7) is 4.06. The molecular weight excluding hydrogens is 470 g/mol. The lowest BCUT2D eigenvalue weighted by Crippen LogP contribution is -2.19. The number of benzene rings is 1. The summed E-state index contributed by atoms with van der Waals surface area (Å²) in [5.74, 6) is -0.205. The maximum atomic E-state index is 12.8. The number of rotatable bonds is 7. The van der Waals surface area contributed by atoms with Crippen LogP contribution >= 0.6 is 22.9 Å². The highest BCUT2D eigenvalue weighted by Crippen LogP contribution is 2.37. The average Bonchev–Trinajstić information content (AvgIpc) is 3.40. The van der Waals surface area contributed by atoms with Crippen LogP contribution in [0.2, 0.25) is 5.15 Å². The van der Waals surface area contributed by atoms with Gasteiger partial charge < -0.3 is 5.32 Å². The SMILES string of the molecule is CC(=O)Nc1nc(CN2CCCC2)c(-c2cnc(Cl)c(NS(=O)(=O)c3ccccc3)c2)s1. The van der Waals surface area contributed by atoms with Gasteiger partial charge >= 0.3 is 0 Å². The molecule has 0 aliphatic carbocycles. The molecular formula is C21H22ClN5O3S2. The topological polar surface area (TPSA) is 104 Å². The zero-order chi connectivity index (χ0) is 22.7. The van der Waals surface area contributed by atoms with Crippen molar-refractivity contribution in [2.45, 2.75) is 31.2 Å². The highest BCUT2D eigenvalue weighted by Gasteiger charge is 2.21. The Morgan fingerprint density at radius 3 is 2.62 bits per heavy atom. The maximum absolute atomic E-state index is 12.8. The highest BCUT2D eigenvalue weighted by atomic mass is 35.5. The summed E-state index contributed by atoms with van der Waals surface area (Å²) in [6, 6.07) is 9.70. The van der Waals surface area contributed by atoms with Crippen molar-refractivity contribution in [3.8, 4) is 10.4 Å². The van der Waals surface area contributed by atoms with E-state index in [1.165, 1.54) is 30.4 Å². The predicted molar refractivity (Wildman–Crippen MR) is 126 cm³/mol. The Bertz CT molecular complexity index is 1230. The molecule has 4 rings (SSSR count). The number of hydrogen-bond donors (Lipinski definition) is 2. The van der Waals surface area contributed by atoms with Crippen molar-refractivity contribution in [2.75, 3.05) is 23.1 Å². The molecule has 3 heterocycles. The van der Waals surface area contributed by atoms with Crippen LogP contribution in [-0.2, 0) is 21.4 Å². The van der Waals surface area contributed by atoms with E-state index in [0.29, 0.717) is 17.2 Å². The first kappa shape index (κ1) is 22.7. The minimum atomic E-state index is -3.83. The van der Waals surface area contributed by atoms with Gasteiger partial charge in [0.25, 0.3) is 10.0 Å². The Hall–Kier alpha value is -2.53. The minimum Gasteiger partial charge on any atom is -0.302 e. The number of carbonyl (C=O) groups excluding carboxylic acids is 1.